The van der Waals surface area contributed by atoms with Crippen LogP contribution in [0, 0.1) is 0 Å². The van der Waals surface area contributed by atoms with E-state index in [1.54, 1.807) is 24.3 Å². The molecule has 1 aromatic heterocycles. The van der Waals surface area contributed by atoms with E-state index in [9.17, 15) is 8.42 Å². The Labute approximate surface area is 154 Å². The highest BCUT2D eigenvalue weighted by molar-refractivity contribution is 7.90. The Kier molecular flexibility index (Phi) is 5.62. The van der Waals surface area contributed by atoms with Crippen LogP contribution in [0.5, 0.6) is 5.75 Å². The summed E-state index contributed by atoms with van der Waals surface area (Å²) in [5.74, 6) is 2.53. The van der Waals surface area contributed by atoms with Crippen LogP contribution in [0.25, 0.3) is 0 Å². The zero-order valence-electron chi connectivity index (χ0n) is 15.4. The zero-order valence-corrected chi connectivity index (χ0v) is 16.2. The molecular weight excluding hydrogens is 354 g/mol. The summed E-state index contributed by atoms with van der Waals surface area (Å²) in [4.78, 5) is 6.90. The molecule has 1 aliphatic carbocycles. The van der Waals surface area contributed by atoms with Crippen molar-refractivity contribution < 1.29 is 17.7 Å². The topological polar surface area (TPSA) is 85.5 Å². The van der Waals surface area contributed by atoms with Crippen LogP contribution in [0.3, 0.4) is 0 Å². The lowest BCUT2D eigenvalue weighted by Gasteiger charge is -2.21. The maximum Gasteiger partial charge on any atom is 0.243 e. The highest BCUT2D eigenvalue weighted by Gasteiger charge is 2.30. The van der Waals surface area contributed by atoms with Gasteiger partial charge in [-0.25, -0.2) is 8.42 Å². The summed E-state index contributed by atoms with van der Waals surface area (Å²) in [5.41, 5.74) is 0. The van der Waals surface area contributed by atoms with E-state index in [1.807, 2.05) is 14.0 Å². The summed E-state index contributed by atoms with van der Waals surface area (Å²) in [7, 11) is -1.21. The lowest BCUT2D eigenvalue weighted by Crippen LogP contribution is -2.25. The Balaban J connectivity index is 1.45. The quantitative estimate of drug-likeness (QED) is 0.619. The van der Waals surface area contributed by atoms with E-state index in [2.05, 4.69) is 15.0 Å². The van der Waals surface area contributed by atoms with Crippen molar-refractivity contribution in [3.63, 3.8) is 0 Å². The Morgan fingerprint density at radius 2 is 2.15 bits per heavy atom. The van der Waals surface area contributed by atoms with Gasteiger partial charge in [0, 0.05) is 18.7 Å². The highest BCUT2D eigenvalue weighted by atomic mass is 32.2. The van der Waals surface area contributed by atoms with Gasteiger partial charge in [0.2, 0.25) is 5.89 Å². The third-order valence-electron chi connectivity index (χ3n) is 4.58. The molecule has 3 rings (SSSR count). The van der Waals surface area contributed by atoms with E-state index >= 15 is 0 Å². The molecule has 0 saturated heterocycles. The monoisotopic (exact) mass is 379 g/mol. The Morgan fingerprint density at radius 3 is 2.85 bits per heavy atom. The summed E-state index contributed by atoms with van der Waals surface area (Å²) in [6, 6.07) is 6.62. The van der Waals surface area contributed by atoms with Crippen LogP contribution < -0.4 is 4.74 Å². The lowest BCUT2D eigenvalue weighted by atomic mass is 10.2. The molecule has 0 radical (unpaired) electrons. The third-order valence-corrected chi connectivity index (χ3v) is 5.69. The van der Waals surface area contributed by atoms with Crippen molar-refractivity contribution in [2.24, 2.45) is 0 Å². The summed E-state index contributed by atoms with van der Waals surface area (Å²) >= 11 is 0. The molecule has 1 unspecified atom stereocenters. The first-order chi connectivity index (χ1) is 12.3. The molecule has 0 amide bonds. The molecule has 0 bridgehead atoms. The van der Waals surface area contributed by atoms with Crippen molar-refractivity contribution in [1.29, 1.82) is 0 Å². The van der Waals surface area contributed by atoms with E-state index in [0.29, 0.717) is 24.2 Å². The molecule has 1 aromatic carbocycles. The second-order valence-corrected chi connectivity index (χ2v) is 8.89. The largest absolute Gasteiger partial charge is 0.494 e. The minimum atomic E-state index is -3.22. The Bertz CT molecular complexity index is 846. The summed E-state index contributed by atoms with van der Waals surface area (Å²) in [5, 5.41) is 4.06. The fraction of sp³-hybridized carbons (Fsp3) is 0.556. The van der Waals surface area contributed by atoms with Crippen LogP contribution in [-0.2, 0) is 9.84 Å². The Hall–Kier alpha value is -1.93. The number of ether oxygens (including phenoxy) is 1. The number of benzene rings is 1. The van der Waals surface area contributed by atoms with Gasteiger partial charge in [0.1, 0.15) is 5.75 Å². The fourth-order valence-corrected chi connectivity index (χ4v) is 3.26. The molecule has 1 fully saturated rings. The second kappa shape index (κ2) is 7.75. The number of aromatic nitrogens is 2. The van der Waals surface area contributed by atoms with Crippen LogP contribution in [0.4, 0.5) is 0 Å². The average molecular weight is 379 g/mol. The molecule has 1 saturated carbocycles. The summed E-state index contributed by atoms with van der Waals surface area (Å²) in [6.45, 7) is 3.34. The average Bonchev–Trinajstić information content (AvgIpc) is 3.34. The van der Waals surface area contributed by atoms with Gasteiger partial charge in [-0.1, -0.05) is 11.2 Å². The van der Waals surface area contributed by atoms with E-state index in [4.69, 9.17) is 9.26 Å². The third kappa shape index (κ3) is 4.82. The van der Waals surface area contributed by atoms with Crippen LogP contribution in [-0.4, -0.2) is 49.9 Å². The van der Waals surface area contributed by atoms with Gasteiger partial charge >= 0.3 is 0 Å². The summed E-state index contributed by atoms with van der Waals surface area (Å²) < 4.78 is 34.2. The van der Waals surface area contributed by atoms with Crippen LogP contribution >= 0.6 is 0 Å². The number of hydrogen-bond donors (Lipinski definition) is 0. The molecule has 0 spiro atoms. The maximum absolute atomic E-state index is 11.6. The molecule has 2 aromatic rings. The van der Waals surface area contributed by atoms with Crippen molar-refractivity contribution in [2.75, 3.05) is 26.5 Å². The number of nitrogens with zero attached hydrogens (tertiary/aromatic N) is 3. The van der Waals surface area contributed by atoms with Crippen molar-refractivity contribution >= 4 is 9.84 Å². The molecule has 1 aliphatic rings. The number of sulfone groups is 1. The highest BCUT2D eigenvalue weighted by Crippen LogP contribution is 2.38. The predicted octanol–water partition coefficient (Wildman–Crippen LogP) is 2.81. The minimum absolute atomic E-state index is 0.0450. The van der Waals surface area contributed by atoms with Gasteiger partial charge in [-0.05, 0) is 51.4 Å². The fourth-order valence-electron chi connectivity index (χ4n) is 2.61. The molecule has 8 heteroatoms. The molecule has 0 N–H and O–H groups in total. The van der Waals surface area contributed by atoms with Gasteiger partial charge in [0.25, 0.3) is 0 Å². The van der Waals surface area contributed by atoms with E-state index < -0.39 is 9.84 Å². The molecular formula is C18H25N3O4S. The van der Waals surface area contributed by atoms with Gasteiger partial charge in [0.05, 0.1) is 17.5 Å². The van der Waals surface area contributed by atoms with Gasteiger partial charge in [-0.3, -0.25) is 4.90 Å². The van der Waals surface area contributed by atoms with E-state index in [0.717, 1.165) is 31.6 Å². The second-order valence-electron chi connectivity index (χ2n) is 6.87. The van der Waals surface area contributed by atoms with Crippen molar-refractivity contribution in [3.05, 3.63) is 36.0 Å². The van der Waals surface area contributed by atoms with Crippen molar-refractivity contribution in [2.45, 2.75) is 43.0 Å². The lowest BCUT2D eigenvalue weighted by molar-refractivity contribution is 0.192. The van der Waals surface area contributed by atoms with Crippen LogP contribution in [0.1, 0.15) is 49.9 Å². The predicted molar refractivity (Wildman–Crippen MR) is 97.0 cm³/mol. The molecule has 142 valence electrons. The van der Waals surface area contributed by atoms with Gasteiger partial charge in [-0.15, -0.1) is 0 Å². The van der Waals surface area contributed by atoms with Gasteiger partial charge in [-0.2, -0.15) is 4.98 Å². The molecule has 7 nitrogen and oxygen atoms in total. The maximum atomic E-state index is 11.6. The first kappa shape index (κ1) is 18.8. The minimum Gasteiger partial charge on any atom is -0.494 e. The summed E-state index contributed by atoms with van der Waals surface area (Å²) in [6.07, 6.45) is 4.30. The number of hydrogen-bond acceptors (Lipinski definition) is 7. The van der Waals surface area contributed by atoms with Crippen LogP contribution in [0.2, 0.25) is 0 Å². The SMILES string of the molecule is CC(c1nc(C2CC2)no1)N(C)CCCOc1cccc(S(C)(=O)=O)c1. The number of rotatable bonds is 9. The molecule has 1 heterocycles. The van der Waals surface area contributed by atoms with Gasteiger partial charge in [0.15, 0.2) is 15.7 Å². The molecule has 26 heavy (non-hydrogen) atoms. The first-order valence-corrected chi connectivity index (χ1v) is 10.7. The first-order valence-electron chi connectivity index (χ1n) is 8.81. The van der Waals surface area contributed by atoms with E-state index in [-0.39, 0.29) is 10.9 Å². The smallest absolute Gasteiger partial charge is 0.243 e. The van der Waals surface area contributed by atoms with Crippen molar-refractivity contribution in [3.8, 4) is 5.75 Å². The van der Waals surface area contributed by atoms with Crippen LogP contribution in [0.15, 0.2) is 33.7 Å². The molecule has 1 atom stereocenters. The standard InChI is InChI=1S/C18H25N3O4S/c1-13(18-19-17(20-25-18)14-8-9-14)21(2)10-5-11-24-15-6-4-7-16(12-15)26(3,22)23/h4,6-7,12-14H,5,8-11H2,1-3H3. The Morgan fingerprint density at radius 1 is 1.38 bits per heavy atom. The normalized spacial score (nSPS) is 16.0. The van der Waals surface area contributed by atoms with Gasteiger partial charge < -0.3 is 9.26 Å². The zero-order chi connectivity index (χ0) is 18.7. The van der Waals surface area contributed by atoms with Crippen molar-refractivity contribution in [1.82, 2.24) is 15.0 Å². The van der Waals surface area contributed by atoms with E-state index in [1.165, 1.54) is 6.26 Å². The molecule has 0 aliphatic heterocycles.